The van der Waals surface area contributed by atoms with Crippen LogP contribution in [0.4, 0.5) is 0 Å². The minimum atomic E-state index is 0.0851. The van der Waals surface area contributed by atoms with Crippen LogP contribution in [0.1, 0.15) is 37.7 Å². The van der Waals surface area contributed by atoms with Gasteiger partial charge in [0.05, 0.1) is 6.61 Å². The number of ether oxygens (including phenoxy) is 1. The molecule has 1 aliphatic heterocycles. The molecule has 1 aliphatic rings. The zero-order valence-electron chi connectivity index (χ0n) is 13.8. The van der Waals surface area contributed by atoms with Crippen LogP contribution in [0.25, 0.3) is 0 Å². The largest absolute Gasteiger partial charge is 0.494 e. The number of aliphatic hydroxyl groups excluding tert-OH is 1. The average Bonchev–Trinajstić information content (AvgIpc) is 2.58. The first-order chi connectivity index (χ1) is 11.2. The highest BCUT2D eigenvalue weighted by atomic mass is 16.5. The smallest absolute Gasteiger partial charge is 0.122 e. The highest BCUT2D eigenvalue weighted by molar-refractivity contribution is 5.94. The van der Waals surface area contributed by atoms with Crippen molar-refractivity contribution in [2.75, 3.05) is 32.8 Å². The number of hydrogen-bond donors (Lipinski definition) is 3. The van der Waals surface area contributed by atoms with Gasteiger partial charge in [-0.2, -0.15) is 0 Å². The van der Waals surface area contributed by atoms with Gasteiger partial charge in [-0.15, -0.1) is 0 Å². The summed E-state index contributed by atoms with van der Waals surface area (Å²) in [5.74, 6) is 1.74. The van der Waals surface area contributed by atoms with E-state index in [1.54, 1.807) is 0 Å². The fourth-order valence-electron chi connectivity index (χ4n) is 3.09. The summed E-state index contributed by atoms with van der Waals surface area (Å²) in [6, 6.07) is 7.38. The molecule has 0 radical (unpaired) electrons. The van der Waals surface area contributed by atoms with E-state index in [0.717, 1.165) is 56.3 Å². The number of nitrogens with two attached hydrogens (primary N) is 1. The third-order valence-electron chi connectivity index (χ3n) is 4.53. The first-order valence-corrected chi connectivity index (χ1v) is 8.59. The second-order valence-electron chi connectivity index (χ2n) is 6.29. The Labute approximate surface area is 138 Å². The number of amidine groups is 1. The van der Waals surface area contributed by atoms with Gasteiger partial charge in [0.25, 0.3) is 0 Å². The predicted molar refractivity (Wildman–Crippen MR) is 93.1 cm³/mol. The Kier molecular flexibility index (Phi) is 7.36. The van der Waals surface area contributed by atoms with Crippen molar-refractivity contribution in [3.8, 4) is 5.75 Å². The molecule has 1 aromatic rings. The van der Waals surface area contributed by atoms with E-state index in [0.29, 0.717) is 6.61 Å². The van der Waals surface area contributed by atoms with Crippen LogP contribution < -0.4 is 10.5 Å². The summed E-state index contributed by atoms with van der Waals surface area (Å²) in [5, 5.41) is 16.2. The lowest BCUT2D eigenvalue weighted by molar-refractivity contribution is 0.158. The van der Waals surface area contributed by atoms with E-state index in [4.69, 9.17) is 21.0 Å². The summed E-state index contributed by atoms with van der Waals surface area (Å²) >= 11 is 0. The Morgan fingerprint density at radius 2 is 1.91 bits per heavy atom. The average molecular weight is 319 g/mol. The van der Waals surface area contributed by atoms with E-state index >= 15 is 0 Å². The second-order valence-corrected chi connectivity index (χ2v) is 6.29. The number of aliphatic hydroxyl groups is 1. The van der Waals surface area contributed by atoms with Crippen molar-refractivity contribution in [2.24, 2.45) is 11.7 Å². The van der Waals surface area contributed by atoms with E-state index in [1.165, 1.54) is 19.3 Å². The van der Waals surface area contributed by atoms with Gasteiger partial charge >= 0.3 is 0 Å². The van der Waals surface area contributed by atoms with Gasteiger partial charge in [0.15, 0.2) is 0 Å². The quantitative estimate of drug-likeness (QED) is 0.370. The maximum atomic E-state index is 8.87. The fraction of sp³-hybridized carbons (Fsp3) is 0.611. The van der Waals surface area contributed by atoms with E-state index in [-0.39, 0.29) is 5.84 Å². The van der Waals surface area contributed by atoms with E-state index < -0.39 is 0 Å². The van der Waals surface area contributed by atoms with Gasteiger partial charge in [0, 0.05) is 18.7 Å². The lowest BCUT2D eigenvalue weighted by atomic mass is 9.92. The topological polar surface area (TPSA) is 82.6 Å². The minimum absolute atomic E-state index is 0.0851. The van der Waals surface area contributed by atoms with Gasteiger partial charge in [0.2, 0.25) is 0 Å². The number of nitrogens with one attached hydrogen (secondary N) is 1. The molecule has 0 aliphatic carbocycles. The fourth-order valence-corrected chi connectivity index (χ4v) is 3.09. The van der Waals surface area contributed by atoms with Gasteiger partial charge in [0.1, 0.15) is 11.6 Å². The number of nitrogens with zero attached hydrogens (tertiary/aromatic N) is 1. The van der Waals surface area contributed by atoms with E-state index in [9.17, 15) is 0 Å². The van der Waals surface area contributed by atoms with Crippen molar-refractivity contribution in [3.05, 3.63) is 29.8 Å². The number of piperidine rings is 1. The lowest BCUT2D eigenvalue weighted by Gasteiger charge is -2.31. The first kappa shape index (κ1) is 17.8. The molecular formula is C18H29N3O2. The Bertz CT molecular complexity index is 468. The highest BCUT2D eigenvalue weighted by Crippen LogP contribution is 2.22. The minimum Gasteiger partial charge on any atom is -0.494 e. The molecule has 1 fully saturated rings. The highest BCUT2D eigenvalue weighted by Gasteiger charge is 2.18. The molecule has 128 valence electrons. The molecule has 0 atom stereocenters. The number of likely N-dealkylation sites (tertiary alicyclic amines) is 1. The second kappa shape index (κ2) is 9.53. The Balaban J connectivity index is 1.58. The van der Waals surface area contributed by atoms with Crippen LogP contribution in [0.15, 0.2) is 24.3 Å². The Morgan fingerprint density at radius 1 is 1.22 bits per heavy atom. The van der Waals surface area contributed by atoms with Crippen molar-refractivity contribution >= 4 is 5.84 Å². The summed E-state index contributed by atoms with van der Waals surface area (Å²) < 4.78 is 5.76. The molecule has 0 spiro atoms. The molecular weight excluding hydrogens is 290 g/mol. The van der Waals surface area contributed by atoms with E-state index in [1.807, 2.05) is 24.3 Å². The molecule has 23 heavy (non-hydrogen) atoms. The van der Waals surface area contributed by atoms with Gasteiger partial charge in [-0.25, -0.2) is 0 Å². The van der Waals surface area contributed by atoms with Gasteiger partial charge in [-0.3, -0.25) is 5.41 Å². The number of benzene rings is 1. The maximum absolute atomic E-state index is 8.87. The molecule has 0 saturated carbocycles. The molecule has 4 N–H and O–H groups in total. The number of hydrogen-bond acceptors (Lipinski definition) is 4. The summed E-state index contributed by atoms with van der Waals surface area (Å²) in [5.41, 5.74) is 6.16. The monoisotopic (exact) mass is 319 g/mol. The van der Waals surface area contributed by atoms with Crippen molar-refractivity contribution in [2.45, 2.75) is 32.1 Å². The molecule has 0 bridgehead atoms. The van der Waals surface area contributed by atoms with Crippen molar-refractivity contribution in [1.82, 2.24) is 4.90 Å². The van der Waals surface area contributed by atoms with Crippen LogP contribution in [0.5, 0.6) is 5.75 Å². The molecule has 5 heteroatoms. The molecule has 0 unspecified atom stereocenters. The van der Waals surface area contributed by atoms with Crippen LogP contribution in [0.2, 0.25) is 0 Å². The molecule has 1 saturated heterocycles. The summed E-state index contributed by atoms with van der Waals surface area (Å²) in [7, 11) is 0. The lowest BCUT2D eigenvalue weighted by Crippen LogP contribution is -2.34. The van der Waals surface area contributed by atoms with E-state index in [2.05, 4.69) is 4.90 Å². The summed E-state index contributed by atoms with van der Waals surface area (Å²) in [6.07, 6.45) is 5.72. The summed E-state index contributed by atoms with van der Waals surface area (Å²) in [4.78, 5) is 2.46. The predicted octanol–water partition coefficient (Wildman–Crippen LogP) is 2.22. The maximum Gasteiger partial charge on any atom is 0.122 e. The van der Waals surface area contributed by atoms with Crippen LogP contribution >= 0.6 is 0 Å². The molecule has 0 aromatic heterocycles. The van der Waals surface area contributed by atoms with Crippen LogP contribution in [0.3, 0.4) is 0 Å². The van der Waals surface area contributed by atoms with Gasteiger partial charge < -0.3 is 20.5 Å². The standard InChI is InChI=1S/C18H29N3O2/c19-18(20)16-4-6-17(7-5-16)23-14-1-3-15-8-11-21(12-9-15)10-2-13-22/h4-7,15,22H,1-3,8-14H2,(H3,19,20). The SMILES string of the molecule is N=C(N)c1ccc(OCCCC2CCN(CCCO)CC2)cc1. The third kappa shape index (κ3) is 6.20. The number of rotatable bonds is 9. The molecule has 2 rings (SSSR count). The third-order valence-corrected chi connectivity index (χ3v) is 4.53. The number of nitrogen functional groups attached to an aromatic ring is 1. The molecule has 1 aromatic carbocycles. The zero-order chi connectivity index (χ0) is 16.5. The van der Waals surface area contributed by atoms with Crippen molar-refractivity contribution in [3.63, 3.8) is 0 Å². The molecule has 5 nitrogen and oxygen atoms in total. The Hall–Kier alpha value is -1.59. The van der Waals surface area contributed by atoms with Gasteiger partial charge in [-0.05, 0) is 75.4 Å². The summed E-state index contributed by atoms with van der Waals surface area (Å²) in [6.45, 7) is 4.40. The van der Waals surface area contributed by atoms with Crippen LogP contribution in [-0.4, -0.2) is 48.7 Å². The van der Waals surface area contributed by atoms with Crippen molar-refractivity contribution in [1.29, 1.82) is 5.41 Å². The first-order valence-electron chi connectivity index (χ1n) is 8.59. The molecule has 0 amide bonds. The zero-order valence-corrected chi connectivity index (χ0v) is 13.8. The van der Waals surface area contributed by atoms with Gasteiger partial charge in [-0.1, -0.05) is 0 Å². The normalized spacial score (nSPS) is 16.4. The molecule has 1 heterocycles. The Morgan fingerprint density at radius 3 is 2.52 bits per heavy atom. The van der Waals surface area contributed by atoms with Crippen molar-refractivity contribution < 1.29 is 9.84 Å². The van der Waals surface area contributed by atoms with Crippen LogP contribution in [0, 0.1) is 11.3 Å². The van der Waals surface area contributed by atoms with Crippen LogP contribution in [-0.2, 0) is 0 Å².